The second kappa shape index (κ2) is 5.98. The maximum Gasteiger partial charge on any atom is 0.230 e. The van der Waals surface area contributed by atoms with Crippen molar-refractivity contribution in [1.29, 1.82) is 0 Å². The minimum atomic E-state index is -0.263. The van der Waals surface area contributed by atoms with Crippen LogP contribution in [0.25, 0.3) is 0 Å². The van der Waals surface area contributed by atoms with E-state index in [1.807, 2.05) is 38.8 Å². The molecule has 23 heavy (non-hydrogen) atoms. The van der Waals surface area contributed by atoms with Crippen molar-refractivity contribution in [3.8, 4) is 0 Å². The summed E-state index contributed by atoms with van der Waals surface area (Å²) in [4.78, 5) is 14.7. The number of carbonyl (C=O) groups excluding carboxylic acids is 1. The molecule has 122 valence electrons. The maximum atomic E-state index is 12.9. The average molecular weight is 315 g/mol. The van der Waals surface area contributed by atoms with Crippen molar-refractivity contribution in [2.75, 3.05) is 18.9 Å². The first kappa shape index (κ1) is 15.5. The molecular weight excluding hydrogens is 294 g/mol. The number of carbonyl (C=O) groups is 1. The normalized spacial score (nSPS) is 15.2. The predicted octanol–water partition coefficient (Wildman–Crippen LogP) is 1.81. The quantitative estimate of drug-likeness (QED) is 0.930. The molecule has 0 fully saturated rings. The molecule has 1 atom stereocenters. The molecule has 1 aliphatic heterocycles. The molecule has 0 aromatic carbocycles. The molecule has 0 bridgehead atoms. The van der Waals surface area contributed by atoms with E-state index in [1.54, 1.807) is 0 Å². The molecule has 1 aliphatic rings. The van der Waals surface area contributed by atoms with E-state index in [0.717, 1.165) is 34.8 Å². The van der Waals surface area contributed by atoms with Crippen LogP contribution in [0.4, 0.5) is 5.82 Å². The molecule has 0 spiro atoms. The maximum absolute atomic E-state index is 12.9. The SMILES string of the molecule is CNc1cc2c(nn1)CCN(C(=O)C(C)c1c(C)noc1C)C2. The van der Waals surface area contributed by atoms with Gasteiger partial charge < -0.3 is 14.7 Å². The Morgan fingerprint density at radius 1 is 1.39 bits per heavy atom. The summed E-state index contributed by atoms with van der Waals surface area (Å²) < 4.78 is 5.19. The summed E-state index contributed by atoms with van der Waals surface area (Å²) in [6.07, 6.45) is 0.729. The lowest BCUT2D eigenvalue weighted by molar-refractivity contribution is -0.133. The van der Waals surface area contributed by atoms with E-state index in [2.05, 4.69) is 20.7 Å². The van der Waals surface area contributed by atoms with Gasteiger partial charge >= 0.3 is 0 Å². The van der Waals surface area contributed by atoms with Crippen LogP contribution in [0.2, 0.25) is 0 Å². The number of hydrogen-bond donors (Lipinski definition) is 1. The van der Waals surface area contributed by atoms with Crippen LogP contribution in [0.5, 0.6) is 0 Å². The van der Waals surface area contributed by atoms with Gasteiger partial charge in [0.2, 0.25) is 5.91 Å². The highest BCUT2D eigenvalue weighted by molar-refractivity contribution is 5.84. The van der Waals surface area contributed by atoms with Crippen molar-refractivity contribution in [2.45, 2.75) is 39.7 Å². The van der Waals surface area contributed by atoms with Crippen LogP contribution < -0.4 is 5.32 Å². The third kappa shape index (κ3) is 2.78. The fraction of sp³-hybridized carbons (Fsp3) is 0.500. The number of aryl methyl sites for hydroxylation is 2. The lowest BCUT2D eigenvalue weighted by atomic mass is 9.96. The Kier molecular flexibility index (Phi) is 4.02. The van der Waals surface area contributed by atoms with E-state index in [9.17, 15) is 4.79 Å². The Labute approximate surface area is 135 Å². The summed E-state index contributed by atoms with van der Waals surface area (Å²) in [7, 11) is 1.81. The summed E-state index contributed by atoms with van der Waals surface area (Å²) in [6.45, 7) is 6.85. The molecule has 2 aromatic heterocycles. The highest BCUT2D eigenvalue weighted by atomic mass is 16.5. The summed E-state index contributed by atoms with van der Waals surface area (Å²) in [5.74, 6) is 1.26. The van der Waals surface area contributed by atoms with Crippen molar-refractivity contribution < 1.29 is 9.32 Å². The Bertz CT molecular complexity index is 721. The first-order valence-corrected chi connectivity index (χ1v) is 7.76. The van der Waals surface area contributed by atoms with Crippen LogP contribution in [0, 0.1) is 13.8 Å². The fourth-order valence-corrected chi connectivity index (χ4v) is 3.14. The highest BCUT2D eigenvalue weighted by Crippen LogP contribution is 2.27. The third-order valence-corrected chi connectivity index (χ3v) is 4.40. The highest BCUT2D eigenvalue weighted by Gasteiger charge is 2.29. The van der Waals surface area contributed by atoms with Crippen molar-refractivity contribution in [1.82, 2.24) is 20.3 Å². The van der Waals surface area contributed by atoms with Gasteiger partial charge in [0.25, 0.3) is 0 Å². The minimum absolute atomic E-state index is 0.0906. The Morgan fingerprint density at radius 3 is 2.83 bits per heavy atom. The first-order valence-electron chi connectivity index (χ1n) is 7.76. The Balaban J connectivity index is 1.81. The number of aromatic nitrogens is 3. The van der Waals surface area contributed by atoms with Crippen molar-refractivity contribution in [2.24, 2.45) is 0 Å². The largest absolute Gasteiger partial charge is 0.372 e. The number of fused-ring (bicyclic) bond motifs is 1. The number of amides is 1. The summed E-state index contributed by atoms with van der Waals surface area (Å²) in [5, 5.41) is 15.3. The number of rotatable bonds is 3. The molecule has 2 aromatic rings. The average Bonchev–Trinajstić information content (AvgIpc) is 2.91. The van der Waals surface area contributed by atoms with Gasteiger partial charge in [-0.1, -0.05) is 5.16 Å². The number of anilines is 1. The lowest BCUT2D eigenvalue weighted by Crippen LogP contribution is -2.39. The van der Waals surface area contributed by atoms with Gasteiger partial charge in [-0.2, -0.15) is 5.10 Å². The first-order chi connectivity index (χ1) is 11.0. The van der Waals surface area contributed by atoms with Crippen LogP contribution in [-0.4, -0.2) is 39.8 Å². The summed E-state index contributed by atoms with van der Waals surface area (Å²) in [5.41, 5.74) is 3.70. The Morgan fingerprint density at radius 2 is 2.17 bits per heavy atom. The molecule has 0 saturated carbocycles. The number of hydrogen-bond acceptors (Lipinski definition) is 6. The summed E-state index contributed by atoms with van der Waals surface area (Å²) in [6, 6.07) is 1.96. The Hall–Kier alpha value is -2.44. The van der Waals surface area contributed by atoms with Crippen molar-refractivity contribution in [3.63, 3.8) is 0 Å². The van der Waals surface area contributed by atoms with E-state index >= 15 is 0 Å². The minimum Gasteiger partial charge on any atom is -0.372 e. The smallest absolute Gasteiger partial charge is 0.230 e. The van der Waals surface area contributed by atoms with Gasteiger partial charge in [-0.3, -0.25) is 4.79 Å². The molecule has 1 N–H and O–H groups in total. The van der Waals surface area contributed by atoms with E-state index in [0.29, 0.717) is 18.8 Å². The zero-order chi connectivity index (χ0) is 16.6. The van der Waals surface area contributed by atoms with Crippen LogP contribution in [0.15, 0.2) is 10.6 Å². The van der Waals surface area contributed by atoms with E-state index in [4.69, 9.17) is 4.52 Å². The van der Waals surface area contributed by atoms with Gasteiger partial charge in [0.05, 0.1) is 17.3 Å². The molecule has 1 unspecified atom stereocenters. The van der Waals surface area contributed by atoms with Crippen LogP contribution in [-0.2, 0) is 17.8 Å². The third-order valence-electron chi connectivity index (χ3n) is 4.40. The van der Waals surface area contributed by atoms with Crippen molar-refractivity contribution in [3.05, 3.63) is 34.3 Å². The van der Waals surface area contributed by atoms with Gasteiger partial charge in [-0.15, -0.1) is 5.10 Å². The van der Waals surface area contributed by atoms with E-state index < -0.39 is 0 Å². The zero-order valence-corrected chi connectivity index (χ0v) is 13.9. The standard InChI is InChI=1S/C16H21N5O2/c1-9(15-10(2)20-23-11(15)3)16(22)21-6-5-13-12(8-21)7-14(17-4)19-18-13/h7,9H,5-6,8H2,1-4H3,(H,17,19). The second-order valence-corrected chi connectivity index (χ2v) is 5.92. The van der Waals surface area contributed by atoms with Gasteiger partial charge in [-0.05, 0) is 32.4 Å². The molecular formula is C16H21N5O2. The topological polar surface area (TPSA) is 84.2 Å². The van der Waals surface area contributed by atoms with Gasteiger partial charge in [0, 0.05) is 32.1 Å². The molecule has 0 radical (unpaired) electrons. The molecule has 1 amide bonds. The predicted molar refractivity (Wildman–Crippen MR) is 85.1 cm³/mol. The molecule has 3 heterocycles. The molecule has 7 nitrogen and oxygen atoms in total. The van der Waals surface area contributed by atoms with E-state index in [-0.39, 0.29) is 11.8 Å². The number of nitrogens with zero attached hydrogens (tertiary/aromatic N) is 4. The zero-order valence-electron chi connectivity index (χ0n) is 13.9. The van der Waals surface area contributed by atoms with Crippen LogP contribution >= 0.6 is 0 Å². The lowest BCUT2D eigenvalue weighted by Gasteiger charge is -2.30. The monoisotopic (exact) mass is 315 g/mol. The van der Waals surface area contributed by atoms with Gasteiger partial charge in [0.1, 0.15) is 11.6 Å². The van der Waals surface area contributed by atoms with Gasteiger partial charge in [-0.25, -0.2) is 0 Å². The molecule has 3 rings (SSSR count). The van der Waals surface area contributed by atoms with Gasteiger partial charge in [0.15, 0.2) is 0 Å². The molecule has 0 saturated heterocycles. The second-order valence-electron chi connectivity index (χ2n) is 5.92. The molecule has 0 aliphatic carbocycles. The van der Waals surface area contributed by atoms with Crippen LogP contribution in [0.1, 0.15) is 41.1 Å². The molecule has 7 heteroatoms. The van der Waals surface area contributed by atoms with E-state index in [1.165, 1.54) is 0 Å². The number of nitrogens with one attached hydrogen (secondary N) is 1. The van der Waals surface area contributed by atoms with Crippen molar-refractivity contribution >= 4 is 11.7 Å². The van der Waals surface area contributed by atoms with Crippen LogP contribution in [0.3, 0.4) is 0 Å². The summed E-state index contributed by atoms with van der Waals surface area (Å²) >= 11 is 0. The fourth-order valence-electron chi connectivity index (χ4n) is 3.14.